The van der Waals surface area contributed by atoms with E-state index in [-0.39, 0.29) is 11.3 Å². The van der Waals surface area contributed by atoms with Gasteiger partial charge >= 0.3 is 6.18 Å². The number of hydrogen-bond acceptors (Lipinski definition) is 3. The maximum absolute atomic E-state index is 12.5. The summed E-state index contributed by atoms with van der Waals surface area (Å²) < 4.78 is 43.5. The van der Waals surface area contributed by atoms with Crippen LogP contribution in [0.15, 0.2) is 31.8 Å². The molecule has 2 heterocycles. The molecule has 0 aliphatic heterocycles. The van der Waals surface area contributed by atoms with Crippen LogP contribution in [-0.2, 0) is 6.18 Å². The lowest BCUT2D eigenvalue weighted by molar-refractivity contribution is -0.141. The predicted molar refractivity (Wildman–Crippen MR) is 72.4 cm³/mol. The van der Waals surface area contributed by atoms with Gasteiger partial charge in [-0.1, -0.05) is 17.7 Å². The van der Waals surface area contributed by atoms with E-state index in [1.54, 1.807) is 0 Å². The number of alkyl halides is 3. The topological polar surface area (TPSA) is 46.3 Å². The smallest absolute Gasteiger partial charge is 0.433 e. The molecule has 0 bridgehead atoms. The van der Waals surface area contributed by atoms with Crippen molar-refractivity contribution in [1.82, 2.24) is 4.98 Å². The van der Waals surface area contributed by atoms with E-state index in [2.05, 4.69) is 36.8 Å². The second-order valence-corrected chi connectivity index (χ2v) is 5.68. The largest absolute Gasteiger partial charge is 0.450 e. The van der Waals surface area contributed by atoms with Gasteiger partial charge in [0.2, 0.25) is 0 Å². The number of furan rings is 1. The fourth-order valence-electron chi connectivity index (χ4n) is 1.46. The molecule has 0 aliphatic carbocycles. The van der Waals surface area contributed by atoms with Crippen molar-refractivity contribution in [1.29, 1.82) is 0 Å². The van der Waals surface area contributed by atoms with Crippen LogP contribution in [-0.4, -0.2) is 10.1 Å². The molecule has 0 spiro atoms. The van der Waals surface area contributed by atoms with Crippen molar-refractivity contribution < 1.29 is 22.7 Å². The summed E-state index contributed by atoms with van der Waals surface area (Å²) >= 11 is 11.9. The highest BCUT2D eigenvalue weighted by molar-refractivity contribution is 9.13. The van der Waals surface area contributed by atoms with E-state index in [4.69, 9.17) is 16.0 Å². The SMILES string of the molecule is OC(c1cc(Br)c(Br)o1)c1ccc(C(F)(F)F)nc1Cl. The third-order valence-corrected chi connectivity index (χ3v) is 4.41. The first-order chi connectivity index (χ1) is 9.20. The molecular weight excluding hydrogens is 430 g/mol. The first-order valence-electron chi connectivity index (χ1n) is 5.06. The molecular formula is C11H5Br2ClF3NO2. The van der Waals surface area contributed by atoms with Crippen LogP contribution in [0.5, 0.6) is 0 Å². The quantitative estimate of drug-likeness (QED) is 0.679. The molecule has 0 radical (unpaired) electrons. The molecule has 1 atom stereocenters. The van der Waals surface area contributed by atoms with Crippen molar-refractivity contribution >= 4 is 43.5 Å². The van der Waals surface area contributed by atoms with Gasteiger partial charge in [-0.15, -0.1) is 0 Å². The Bertz CT molecular complexity index is 626. The Balaban J connectivity index is 2.38. The number of rotatable bonds is 2. The molecule has 9 heteroatoms. The summed E-state index contributed by atoms with van der Waals surface area (Å²) in [7, 11) is 0. The fraction of sp³-hybridized carbons (Fsp3) is 0.182. The van der Waals surface area contributed by atoms with Crippen molar-refractivity contribution in [2.75, 3.05) is 0 Å². The van der Waals surface area contributed by atoms with Crippen molar-refractivity contribution in [3.05, 3.63) is 49.5 Å². The molecule has 0 amide bonds. The molecule has 0 aliphatic rings. The minimum atomic E-state index is -4.59. The summed E-state index contributed by atoms with van der Waals surface area (Å²) in [5.74, 6) is 0.118. The molecule has 1 N–H and O–H groups in total. The molecule has 108 valence electrons. The van der Waals surface area contributed by atoms with Crippen LogP contribution in [0.4, 0.5) is 13.2 Å². The molecule has 0 aromatic carbocycles. The van der Waals surface area contributed by atoms with Gasteiger partial charge in [0.25, 0.3) is 0 Å². The second kappa shape index (κ2) is 5.67. The third kappa shape index (κ3) is 3.19. The van der Waals surface area contributed by atoms with Crippen LogP contribution in [0.3, 0.4) is 0 Å². The standard InChI is InChI=1S/C11H5Br2ClF3NO2/c12-5-3-6(20-9(5)13)8(19)4-1-2-7(11(15,16)17)18-10(4)14/h1-3,8,19H. The van der Waals surface area contributed by atoms with E-state index in [0.29, 0.717) is 9.14 Å². The Hall–Kier alpha value is -0.570. The zero-order valence-corrected chi connectivity index (χ0v) is 13.3. The van der Waals surface area contributed by atoms with E-state index in [1.165, 1.54) is 6.07 Å². The van der Waals surface area contributed by atoms with E-state index in [1.807, 2.05) is 0 Å². The summed E-state index contributed by atoms with van der Waals surface area (Å²) in [4.78, 5) is 3.24. The average Bonchev–Trinajstić information content (AvgIpc) is 2.67. The highest BCUT2D eigenvalue weighted by atomic mass is 79.9. The van der Waals surface area contributed by atoms with Gasteiger partial charge in [-0.2, -0.15) is 13.2 Å². The number of aromatic nitrogens is 1. The Morgan fingerprint density at radius 3 is 2.40 bits per heavy atom. The van der Waals surface area contributed by atoms with Gasteiger partial charge in [0.1, 0.15) is 22.7 Å². The minimum Gasteiger partial charge on any atom is -0.450 e. The molecule has 2 rings (SSSR count). The third-order valence-electron chi connectivity index (χ3n) is 2.40. The Morgan fingerprint density at radius 2 is 1.95 bits per heavy atom. The lowest BCUT2D eigenvalue weighted by Gasteiger charge is -2.12. The molecule has 2 aromatic rings. The summed E-state index contributed by atoms with van der Waals surface area (Å²) in [6, 6.07) is 3.29. The van der Waals surface area contributed by atoms with Gasteiger partial charge in [0.05, 0.1) is 4.47 Å². The molecule has 3 nitrogen and oxygen atoms in total. The van der Waals surface area contributed by atoms with Crippen LogP contribution in [0, 0.1) is 0 Å². The maximum Gasteiger partial charge on any atom is 0.433 e. The minimum absolute atomic E-state index is 0.0217. The van der Waals surface area contributed by atoms with Crippen LogP contribution < -0.4 is 0 Å². The number of hydrogen-bond donors (Lipinski definition) is 1. The molecule has 0 saturated heterocycles. The van der Waals surface area contributed by atoms with Gasteiger partial charge in [-0.25, -0.2) is 4.98 Å². The molecule has 1 unspecified atom stereocenters. The highest BCUT2D eigenvalue weighted by Gasteiger charge is 2.33. The molecule has 20 heavy (non-hydrogen) atoms. The van der Waals surface area contributed by atoms with E-state index >= 15 is 0 Å². The number of halogens is 6. The van der Waals surface area contributed by atoms with Gasteiger partial charge in [0, 0.05) is 5.56 Å². The first kappa shape index (κ1) is 15.8. The highest BCUT2D eigenvalue weighted by Crippen LogP contribution is 2.36. The van der Waals surface area contributed by atoms with Crippen LogP contribution in [0.2, 0.25) is 5.15 Å². The van der Waals surface area contributed by atoms with Crippen molar-refractivity contribution in [3.8, 4) is 0 Å². The Labute approximate surface area is 133 Å². The van der Waals surface area contributed by atoms with Crippen molar-refractivity contribution in [2.24, 2.45) is 0 Å². The second-order valence-electron chi connectivity index (χ2n) is 3.75. The van der Waals surface area contributed by atoms with Crippen molar-refractivity contribution in [3.63, 3.8) is 0 Å². The summed E-state index contributed by atoms with van der Waals surface area (Å²) in [5, 5.41) is 9.63. The van der Waals surface area contributed by atoms with E-state index in [9.17, 15) is 18.3 Å². The molecule has 0 fully saturated rings. The van der Waals surface area contributed by atoms with Gasteiger partial charge < -0.3 is 9.52 Å². The number of nitrogens with zero attached hydrogens (tertiary/aromatic N) is 1. The average molecular weight is 435 g/mol. The summed E-state index contributed by atoms with van der Waals surface area (Å²) in [6.45, 7) is 0. The number of aliphatic hydroxyl groups excluding tert-OH is 1. The van der Waals surface area contributed by atoms with Gasteiger partial charge in [-0.3, -0.25) is 0 Å². The normalized spacial score (nSPS) is 13.6. The maximum atomic E-state index is 12.5. The molecule has 2 aromatic heterocycles. The van der Waals surface area contributed by atoms with Gasteiger partial charge in [0.15, 0.2) is 4.67 Å². The van der Waals surface area contributed by atoms with Crippen LogP contribution in [0.1, 0.15) is 23.1 Å². The monoisotopic (exact) mass is 433 g/mol. The summed E-state index contributed by atoms with van der Waals surface area (Å²) in [5.41, 5.74) is -1.10. The van der Waals surface area contributed by atoms with E-state index < -0.39 is 23.1 Å². The lowest BCUT2D eigenvalue weighted by Crippen LogP contribution is -2.10. The summed E-state index contributed by atoms with van der Waals surface area (Å²) in [6.07, 6.45) is -5.91. The zero-order chi connectivity index (χ0) is 15.1. The van der Waals surface area contributed by atoms with E-state index in [0.717, 1.165) is 12.1 Å². The molecule has 0 saturated carbocycles. The van der Waals surface area contributed by atoms with Crippen molar-refractivity contribution in [2.45, 2.75) is 12.3 Å². The lowest BCUT2D eigenvalue weighted by atomic mass is 10.1. The Morgan fingerprint density at radius 1 is 1.30 bits per heavy atom. The van der Waals surface area contributed by atoms with Gasteiger partial charge in [-0.05, 0) is 44.0 Å². The number of pyridine rings is 1. The zero-order valence-electron chi connectivity index (χ0n) is 9.38. The fourth-order valence-corrected chi connectivity index (χ4v) is 2.32. The number of aliphatic hydroxyl groups is 1. The van der Waals surface area contributed by atoms with Crippen LogP contribution in [0.25, 0.3) is 0 Å². The predicted octanol–water partition coefficient (Wildman–Crippen LogP) is 4.95. The first-order valence-corrected chi connectivity index (χ1v) is 7.03. The van der Waals surface area contributed by atoms with Crippen LogP contribution >= 0.6 is 43.5 Å². The Kier molecular flexibility index (Phi) is 4.48.